The normalized spacial score (nSPS) is 14.8. The third kappa shape index (κ3) is 7.52. The van der Waals surface area contributed by atoms with Crippen molar-refractivity contribution in [1.29, 1.82) is 0 Å². The summed E-state index contributed by atoms with van der Waals surface area (Å²) < 4.78 is 11.7. The fourth-order valence-electron chi connectivity index (χ4n) is 3.71. The highest BCUT2D eigenvalue weighted by molar-refractivity contribution is 5.85. The Balaban J connectivity index is 0.000000186. The molecule has 0 fully saturated rings. The zero-order chi connectivity index (χ0) is 23.6. The van der Waals surface area contributed by atoms with Gasteiger partial charge in [0.05, 0.1) is 13.1 Å². The van der Waals surface area contributed by atoms with Gasteiger partial charge in [-0.2, -0.15) is 0 Å². The molecule has 2 aromatic rings. The van der Waals surface area contributed by atoms with E-state index in [2.05, 4.69) is 79.5 Å². The molecule has 4 rings (SSSR count). The highest BCUT2D eigenvalue weighted by Crippen LogP contribution is 2.27. The fourth-order valence-corrected chi connectivity index (χ4v) is 3.71. The first-order chi connectivity index (χ1) is 15.9. The maximum Gasteiger partial charge on any atom is 0.145 e. The summed E-state index contributed by atoms with van der Waals surface area (Å²) in [5.41, 5.74) is 3.74. The molecule has 0 atom stereocenters. The predicted octanol–water partition coefficient (Wildman–Crippen LogP) is 4.69. The Labute approximate surface area is 198 Å². The van der Waals surface area contributed by atoms with Gasteiger partial charge in [0, 0.05) is 13.1 Å². The summed E-state index contributed by atoms with van der Waals surface area (Å²) in [5, 5.41) is 6.42. The van der Waals surface area contributed by atoms with Crippen LogP contribution in [0.3, 0.4) is 0 Å². The van der Waals surface area contributed by atoms with Gasteiger partial charge in [0.2, 0.25) is 0 Å². The van der Waals surface area contributed by atoms with Crippen molar-refractivity contribution in [3.8, 4) is 11.5 Å². The van der Waals surface area contributed by atoms with Crippen molar-refractivity contribution in [2.24, 2.45) is 9.98 Å². The fraction of sp³-hybridized carbons (Fsp3) is 0.481. The standard InChI is InChI=1S/C14H20N2O.C13H18N2O/c1-10(2)12-5-4-11(3)8-13(12)17-9-14-15-6-7-16-14;1-10(2)11-5-3-4-6-12(11)16-9-13-14-7-8-15-13/h4-5,8,10H,6-7,9H2,1-3H3,(H,15,16);3-6,10H,7-9H2,1-2H3,(H,14,15). The second-order valence-corrected chi connectivity index (χ2v) is 8.98. The Morgan fingerprint density at radius 3 is 1.85 bits per heavy atom. The summed E-state index contributed by atoms with van der Waals surface area (Å²) >= 11 is 0. The quantitative estimate of drug-likeness (QED) is 0.612. The summed E-state index contributed by atoms with van der Waals surface area (Å²) in [6, 6.07) is 14.6. The number of hydrogen-bond acceptors (Lipinski definition) is 6. The van der Waals surface area contributed by atoms with Gasteiger partial charge in [-0.3, -0.25) is 9.98 Å². The molecule has 6 heteroatoms. The van der Waals surface area contributed by atoms with Crippen LogP contribution >= 0.6 is 0 Å². The van der Waals surface area contributed by atoms with Gasteiger partial charge in [-0.05, 0) is 47.6 Å². The molecular weight excluding hydrogens is 412 g/mol. The van der Waals surface area contributed by atoms with Crippen LogP contribution in [-0.4, -0.2) is 51.1 Å². The predicted molar refractivity (Wildman–Crippen MR) is 137 cm³/mol. The maximum absolute atomic E-state index is 5.87. The molecule has 2 N–H and O–H groups in total. The molecule has 2 aliphatic heterocycles. The van der Waals surface area contributed by atoms with Crippen molar-refractivity contribution < 1.29 is 9.47 Å². The van der Waals surface area contributed by atoms with Crippen LogP contribution in [0.5, 0.6) is 11.5 Å². The van der Waals surface area contributed by atoms with Gasteiger partial charge < -0.3 is 20.1 Å². The van der Waals surface area contributed by atoms with E-state index in [0.717, 1.165) is 49.3 Å². The van der Waals surface area contributed by atoms with Crippen molar-refractivity contribution >= 4 is 11.7 Å². The van der Waals surface area contributed by atoms with Gasteiger partial charge >= 0.3 is 0 Å². The van der Waals surface area contributed by atoms with Crippen LogP contribution in [0, 0.1) is 6.92 Å². The molecular formula is C27H38N4O2. The molecule has 0 saturated heterocycles. The average molecular weight is 451 g/mol. The van der Waals surface area contributed by atoms with Crippen molar-refractivity contribution in [3.63, 3.8) is 0 Å². The Kier molecular flexibility index (Phi) is 9.16. The maximum atomic E-state index is 5.87. The highest BCUT2D eigenvalue weighted by Gasteiger charge is 2.11. The van der Waals surface area contributed by atoms with Crippen molar-refractivity contribution in [2.75, 3.05) is 39.4 Å². The number of benzene rings is 2. The van der Waals surface area contributed by atoms with E-state index in [1.165, 1.54) is 16.7 Å². The minimum absolute atomic E-state index is 0.476. The molecule has 2 aliphatic rings. The first-order valence-electron chi connectivity index (χ1n) is 11.9. The minimum Gasteiger partial charge on any atom is -0.485 e. The van der Waals surface area contributed by atoms with Crippen LogP contribution in [-0.2, 0) is 0 Å². The smallest absolute Gasteiger partial charge is 0.145 e. The van der Waals surface area contributed by atoms with Gasteiger partial charge in [-0.15, -0.1) is 0 Å². The summed E-state index contributed by atoms with van der Waals surface area (Å²) in [7, 11) is 0. The lowest BCUT2D eigenvalue weighted by Crippen LogP contribution is -2.25. The zero-order valence-electron chi connectivity index (χ0n) is 20.6. The molecule has 0 unspecified atom stereocenters. The van der Waals surface area contributed by atoms with Crippen LogP contribution in [0.4, 0.5) is 0 Å². The van der Waals surface area contributed by atoms with Crippen LogP contribution in [0.25, 0.3) is 0 Å². The van der Waals surface area contributed by atoms with E-state index < -0.39 is 0 Å². The lowest BCUT2D eigenvalue weighted by molar-refractivity contribution is 0.367. The number of hydrogen-bond donors (Lipinski definition) is 2. The lowest BCUT2D eigenvalue weighted by Gasteiger charge is -2.14. The molecule has 0 aromatic heterocycles. The summed E-state index contributed by atoms with van der Waals surface area (Å²) in [6.45, 7) is 15.5. The number of nitrogens with one attached hydrogen (secondary N) is 2. The largest absolute Gasteiger partial charge is 0.485 e. The monoisotopic (exact) mass is 450 g/mol. The molecule has 0 aliphatic carbocycles. The molecule has 0 amide bonds. The molecule has 2 aromatic carbocycles. The first kappa shape index (κ1) is 24.6. The number of para-hydroxylation sites is 1. The third-order valence-electron chi connectivity index (χ3n) is 5.55. The number of aliphatic imine (C=N–C) groups is 2. The van der Waals surface area contributed by atoms with Crippen LogP contribution < -0.4 is 20.1 Å². The van der Waals surface area contributed by atoms with Gasteiger partial charge in [0.25, 0.3) is 0 Å². The van der Waals surface area contributed by atoms with Crippen molar-refractivity contribution in [3.05, 3.63) is 59.2 Å². The van der Waals surface area contributed by atoms with E-state index in [0.29, 0.717) is 25.0 Å². The Morgan fingerprint density at radius 2 is 1.30 bits per heavy atom. The van der Waals surface area contributed by atoms with Crippen LogP contribution in [0.2, 0.25) is 0 Å². The van der Waals surface area contributed by atoms with E-state index in [9.17, 15) is 0 Å². The SMILES string of the molecule is CC(C)c1ccccc1OCC1=NCCN1.Cc1ccc(C(C)C)c(OCC2=NCCN2)c1. The first-order valence-corrected chi connectivity index (χ1v) is 11.9. The van der Waals surface area contributed by atoms with E-state index in [-0.39, 0.29) is 0 Å². The van der Waals surface area contributed by atoms with Gasteiger partial charge in [0.1, 0.15) is 36.4 Å². The highest BCUT2D eigenvalue weighted by atomic mass is 16.5. The van der Waals surface area contributed by atoms with Gasteiger partial charge in [-0.25, -0.2) is 0 Å². The Morgan fingerprint density at radius 1 is 0.758 bits per heavy atom. The average Bonchev–Trinajstić information content (AvgIpc) is 3.51. The molecule has 33 heavy (non-hydrogen) atoms. The number of rotatable bonds is 8. The van der Waals surface area contributed by atoms with E-state index in [4.69, 9.17) is 9.47 Å². The van der Waals surface area contributed by atoms with Crippen molar-refractivity contribution in [2.45, 2.75) is 46.5 Å². The van der Waals surface area contributed by atoms with Gasteiger partial charge in [-0.1, -0.05) is 58.0 Å². The molecule has 0 radical (unpaired) electrons. The summed E-state index contributed by atoms with van der Waals surface area (Å²) in [6.07, 6.45) is 0. The number of amidine groups is 2. The molecule has 2 heterocycles. The number of nitrogens with zero attached hydrogens (tertiary/aromatic N) is 2. The lowest BCUT2D eigenvalue weighted by atomic mass is 10.0. The molecule has 0 spiro atoms. The van der Waals surface area contributed by atoms with Crippen molar-refractivity contribution in [1.82, 2.24) is 10.6 Å². The number of ether oxygens (including phenoxy) is 2. The van der Waals surface area contributed by atoms with Crippen LogP contribution in [0.1, 0.15) is 56.2 Å². The number of aryl methyl sites for hydroxylation is 1. The molecule has 0 saturated carbocycles. The van der Waals surface area contributed by atoms with E-state index >= 15 is 0 Å². The van der Waals surface area contributed by atoms with E-state index in [1.54, 1.807) is 0 Å². The molecule has 6 nitrogen and oxygen atoms in total. The summed E-state index contributed by atoms with van der Waals surface area (Å²) in [5.74, 6) is 4.82. The Bertz CT molecular complexity index is 966. The second kappa shape index (κ2) is 12.3. The second-order valence-electron chi connectivity index (χ2n) is 8.98. The van der Waals surface area contributed by atoms with Crippen LogP contribution in [0.15, 0.2) is 52.4 Å². The third-order valence-corrected chi connectivity index (χ3v) is 5.55. The zero-order valence-corrected chi connectivity index (χ0v) is 20.6. The minimum atomic E-state index is 0.476. The molecule has 0 bridgehead atoms. The topological polar surface area (TPSA) is 67.2 Å². The van der Waals surface area contributed by atoms with E-state index in [1.807, 2.05) is 18.2 Å². The Hall–Kier alpha value is -3.02. The molecule has 178 valence electrons. The summed E-state index contributed by atoms with van der Waals surface area (Å²) in [4.78, 5) is 8.63. The van der Waals surface area contributed by atoms with Gasteiger partial charge in [0.15, 0.2) is 0 Å².